The van der Waals surface area contributed by atoms with Crippen LogP contribution in [0.25, 0.3) is 0 Å². The molecule has 0 spiro atoms. The molecule has 1 rings (SSSR count). The molecule has 1 atom stereocenters. The SMILES string of the molecule is CCON=C(C)C1(NO)C(=O)NN=C1C(C)(C)C. The number of rotatable bonds is 4. The molecule has 0 radical (unpaired) electrons. The minimum absolute atomic E-state index is 0.301. The van der Waals surface area contributed by atoms with Crippen molar-refractivity contribution in [3.05, 3.63) is 0 Å². The van der Waals surface area contributed by atoms with E-state index in [0.717, 1.165) is 0 Å². The third-order valence-electron chi connectivity index (χ3n) is 2.72. The average Bonchev–Trinajstić information content (AvgIpc) is 2.63. The molecular weight excluding hydrogens is 236 g/mol. The van der Waals surface area contributed by atoms with Crippen molar-refractivity contribution in [3.63, 3.8) is 0 Å². The van der Waals surface area contributed by atoms with Crippen molar-refractivity contribution in [2.24, 2.45) is 15.7 Å². The van der Waals surface area contributed by atoms with Crippen LogP contribution >= 0.6 is 0 Å². The Morgan fingerprint density at radius 1 is 1.61 bits per heavy atom. The second-order valence-corrected chi connectivity index (χ2v) is 5.11. The van der Waals surface area contributed by atoms with Gasteiger partial charge in [0.1, 0.15) is 6.61 Å². The number of nitrogens with one attached hydrogen (secondary N) is 2. The Labute approximate surface area is 106 Å². The largest absolute Gasteiger partial charge is 0.396 e. The zero-order valence-electron chi connectivity index (χ0n) is 11.4. The molecule has 1 aliphatic heterocycles. The lowest BCUT2D eigenvalue weighted by molar-refractivity contribution is -0.124. The molecule has 1 unspecified atom stereocenters. The van der Waals surface area contributed by atoms with E-state index in [0.29, 0.717) is 18.0 Å². The van der Waals surface area contributed by atoms with Gasteiger partial charge in [-0.2, -0.15) is 10.6 Å². The first-order valence-electron chi connectivity index (χ1n) is 5.78. The van der Waals surface area contributed by atoms with E-state index in [2.05, 4.69) is 15.7 Å². The van der Waals surface area contributed by atoms with Crippen LogP contribution in [0.4, 0.5) is 0 Å². The molecule has 1 aliphatic rings. The van der Waals surface area contributed by atoms with Crippen LogP contribution in [0.3, 0.4) is 0 Å². The van der Waals surface area contributed by atoms with Gasteiger partial charge in [0.05, 0.1) is 11.4 Å². The van der Waals surface area contributed by atoms with Gasteiger partial charge >= 0.3 is 0 Å². The van der Waals surface area contributed by atoms with Crippen molar-refractivity contribution < 1.29 is 14.8 Å². The number of amides is 1. The van der Waals surface area contributed by atoms with E-state index in [4.69, 9.17) is 4.84 Å². The van der Waals surface area contributed by atoms with E-state index in [1.807, 2.05) is 26.3 Å². The predicted octanol–water partition coefficient (Wildman–Crippen LogP) is 0.648. The summed E-state index contributed by atoms with van der Waals surface area (Å²) in [4.78, 5) is 17.0. The minimum atomic E-state index is -1.46. The fraction of sp³-hybridized carbons (Fsp3) is 0.727. The van der Waals surface area contributed by atoms with Crippen LogP contribution in [0.1, 0.15) is 34.6 Å². The van der Waals surface area contributed by atoms with Gasteiger partial charge in [-0.25, -0.2) is 5.43 Å². The summed E-state index contributed by atoms with van der Waals surface area (Å²) >= 11 is 0. The predicted molar refractivity (Wildman–Crippen MR) is 67.4 cm³/mol. The molecule has 0 saturated carbocycles. The zero-order chi connectivity index (χ0) is 14.0. The maximum absolute atomic E-state index is 12.0. The highest BCUT2D eigenvalue weighted by molar-refractivity contribution is 6.34. The number of hydrogen-bond acceptors (Lipinski definition) is 6. The molecule has 0 fully saturated rings. The summed E-state index contributed by atoms with van der Waals surface area (Å²) in [5.74, 6) is -0.476. The number of nitrogens with zero attached hydrogens (tertiary/aromatic N) is 2. The Morgan fingerprint density at radius 2 is 2.22 bits per heavy atom. The first kappa shape index (κ1) is 14.6. The Balaban J connectivity index is 3.26. The quantitative estimate of drug-likeness (QED) is 0.508. The van der Waals surface area contributed by atoms with E-state index in [1.54, 1.807) is 13.8 Å². The molecule has 0 bridgehead atoms. The first-order chi connectivity index (χ1) is 8.30. The second-order valence-electron chi connectivity index (χ2n) is 5.11. The Hall–Kier alpha value is -1.47. The fourth-order valence-electron chi connectivity index (χ4n) is 1.86. The second kappa shape index (κ2) is 5.03. The topological polar surface area (TPSA) is 95.3 Å². The van der Waals surface area contributed by atoms with Crippen LogP contribution in [0.5, 0.6) is 0 Å². The Bertz CT molecular complexity index is 398. The summed E-state index contributed by atoms with van der Waals surface area (Å²) in [6, 6.07) is 0. The van der Waals surface area contributed by atoms with E-state index in [1.165, 1.54) is 0 Å². The van der Waals surface area contributed by atoms with E-state index in [9.17, 15) is 10.0 Å². The molecule has 0 aromatic carbocycles. The zero-order valence-corrected chi connectivity index (χ0v) is 11.4. The summed E-state index contributed by atoms with van der Waals surface area (Å²) in [5, 5.41) is 17.3. The summed E-state index contributed by atoms with van der Waals surface area (Å²) in [6.45, 7) is 9.45. The monoisotopic (exact) mass is 256 g/mol. The minimum Gasteiger partial charge on any atom is -0.396 e. The van der Waals surface area contributed by atoms with Gasteiger partial charge in [0.2, 0.25) is 5.54 Å². The molecule has 18 heavy (non-hydrogen) atoms. The van der Waals surface area contributed by atoms with Crippen LogP contribution in [-0.4, -0.2) is 34.7 Å². The number of oxime groups is 1. The van der Waals surface area contributed by atoms with Crippen LogP contribution in [0.2, 0.25) is 0 Å². The number of carbonyl (C=O) groups excluding carboxylic acids is 1. The maximum Gasteiger partial charge on any atom is 0.274 e. The van der Waals surface area contributed by atoms with Crippen LogP contribution < -0.4 is 10.9 Å². The molecular formula is C11H20N4O3. The lowest BCUT2D eigenvalue weighted by Crippen LogP contribution is -2.63. The first-order valence-corrected chi connectivity index (χ1v) is 5.78. The molecule has 0 saturated heterocycles. The highest BCUT2D eigenvalue weighted by atomic mass is 16.6. The van der Waals surface area contributed by atoms with Gasteiger partial charge in [-0.15, -0.1) is 0 Å². The molecule has 7 nitrogen and oxygen atoms in total. The van der Waals surface area contributed by atoms with Crippen molar-refractivity contribution >= 4 is 17.3 Å². The third-order valence-corrected chi connectivity index (χ3v) is 2.72. The van der Waals surface area contributed by atoms with Crippen molar-refractivity contribution in [1.82, 2.24) is 10.9 Å². The van der Waals surface area contributed by atoms with Crippen LogP contribution in [0, 0.1) is 5.41 Å². The lowest BCUT2D eigenvalue weighted by Gasteiger charge is -2.32. The Kier molecular flexibility index (Phi) is 4.08. The average molecular weight is 256 g/mol. The van der Waals surface area contributed by atoms with Gasteiger partial charge in [-0.1, -0.05) is 25.9 Å². The molecule has 3 N–H and O–H groups in total. The van der Waals surface area contributed by atoms with Crippen LogP contribution in [-0.2, 0) is 9.63 Å². The molecule has 0 aliphatic carbocycles. The normalized spacial score (nSPS) is 24.9. The molecule has 102 valence electrons. The maximum atomic E-state index is 12.0. The summed E-state index contributed by atoms with van der Waals surface area (Å²) < 4.78 is 0. The third kappa shape index (κ3) is 2.23. The molecule has 0 aromatic heterocycles. The standard InChI is InChI=1S/C11H20N4O3/c1-6-18-14-7(2)11(15-17)8(10(3,4)5)12-13-9(11)16/h15,17H,6H2,1-5H3,(H,13,16). The Morgan fingerprint density at radius 3 is 2.67 bits per heavy atom. The van der Waals surface area contributed by atoms with Gasteiger partial charge in [0.25, 0.3) is 5.91 Å². The van der Waals surface area contributed by atoms with Gasteiger partial charge < -0.3 is 10.0 Å². The van der Waals surface area contributed by atoms with Crippen molar-refractivity contribution in [2.45, 2.75) is 40.2 Å². The van der Waals surface area contributed by atoms with Crippen molar-refractivity contribution in [1.29, 1.82) is 0 Å². The summed E-state index contributed by atoms with van der Waals surface area (Å²) in [6.07, 6.45) is 0. The summed E-state index contributed by atoms with van der Waals surface area (Å²) in [5.41, 5.74) is 3.28. The molecule has 0 aromatic rings. The molecule has 1 amide bonds. The van der Waals surface area contributed by atoms with Crippen LogP contribution in [0.15, 0.2) is 10.3 Å². The number of hydroxylamine groups is 1. The van der Waals surface area contributed by atoms with E-state index >= 15 is 0 Å². The molecule has 7 heteroatoms. The lowest BCUT2D eigenvalue weighted by atomic mass is 9.75. The number of hydrazone groups is 1. The van der Waals surface area contributed by atoms with Gasteiger partial charge in [-0.05, 0) is 13.8 Å². The number of carbonyl (C=O) groups is 1. The van der Waals surface area contributed by atoms with Gasteiger partial charge in [0, 0.05) is 5.41 Å². The molecule has 1 heterocycles. The van der Waals surface area contributed by atoms with Gasteiger partial charge in [0.15, 0.2) is 0 Å². The summed E-state index contributed by atoms with van der Waals surface area (Å²) in [7, 11) is 0. The highest BCUT2D eigenvalue weighted by Crippen LogP contribution is 2.29. The van der Waals surface area contributed by atoms with Crippen molar-refractivity contribution in [2.75, 3.05) is 6.61 Å². The van der Waals surface area contributed by atoms with E-state index < -0.39 is 16.9 Å². The van der Waals surface area contributed by atoms with Gasteiger partial charge in [-0.3, -0.25) is 4.79 Å². The smallest absolute Gasteiger partial charge is 0.274 e. The van der Waals surface area contributed by atoms with E-state index in [-0.39, 0.29) is 0 Å². The van der Waals surface area contributed by atoms with Crippen molar-refractivity contribution in [3.8, 4) is 0 Å². The highest BCUT2D eigenvalue weighted by Gasteiger charge is 2.54. The fourth-order valence-corrected chi connectivity index (χ4v) is 1.86. The number of hydrogen-bond donors (Lipinski definition) is 3.